The van der Waals surface area contributed by atoms with E-state index in [1.807, 2.05) is 6.07 Å². The van der Waals surface area contributed by atoms with Crippen molar-refractivity contribution in [3.63, 3.8) is 0 Å². The minimum Gasteiger partial charge on any atom is -0.365 e. The molecule has 2 nitrogen and oxygen atoms in total. The highest BCUT2D eigenvalue weighted by Crippen LogP contribution is 2.35. The Morgan fingerprint density at radius 1 is 1.44 bits per heavy atom. The summed E-state index contributed by atoms with van der Waals surface area (Å²) in [5, 5.41) is 0. The van der Waals surface area contributed by atoms with Crippen molar-refractivity contribution >= 4 is 11.5 Å². The molecule has 0 aliphatic carbocycles. The minimum absolute atomic E-state index is 0.197. The largest absolute Gasteiger partial charge is 0.365 e. The zero-order valence-electron chi connectivity index (χ0n) is 11.2. The number of halogens is 1. The van der Waals surface area contributed by atoms with Crippen LogP contribution in [0.3, 0.4) is 0 Å². The van der Waals surface area contributed by atoms with Crippen molar-refractivity contribution in [1.82, 2.24) is 0 Å². The van der Waals surface area contributed by atoms with E-state index in [9.17, 15) is 9.18 Å². The number of rotatable bonds is 3. The second kappa shape index (κ2) is 5.09. The lowest BCUT2D eigenvalue weighted by molar-refractivity contribution is 0.101. The predicted octanol–water partition coefficient (Wildman–Crippen LogP) is 3.80. The fraction of sp³-hybridized carbons (Fsp3) is 0.533. The Kier molecular flexibility index (Phi) is 3.69. The molecular formula is C15H20FNO. The third-order valence-electron chi connectivity index (χ3n) is 3.88. The molecule has 1 aromatic carbocycles. The molecule has 1 aliphatic rings. The maximum atomic E-state index is 13.9. The van der Waals surface area contributed by atoms with Gasteiger partial charge in [-0.3, -0.25) is 4.79 Å². The summed E-state index contributed by atoms with van der Waals surface area (Å²) < 4.78 is 13.9. The zero-order valence-corrected chi connectivity index (χ0v) is 11.2. The molecule has 2 rings (SSSR count). The van der Waals surface area contributed by atoms with Crippen LogP contribution in [0.25, 0.3) is 0 Å². The van der Waals surface area contributed by atoms with Crippen molar-refractivity contribution < 1.29 is 9.18 Å². The maximum absolute atomic E-state index is 13.9. The van der Waals surface area contributed by atoms with Crippen LogP contribution in [0.4, 0.5) is 10.1 Å². The molecule has 1 heterocycles. The second-order valence-corrected chi connectivity index (χ2v) is 5.09. The van der Waals surface area contributed by atoms with Gasteiger partial charge in [-0.05, 0) is 45.2 Å². The summed E-state index contributed by atoms with van der Waals surface area (Å²) in [6, 6.07) is 5.70. The van der Waals surface area contributed by atoms with Crippen molar-refractivity contribution in [3.8, 4) is 0 Å². The number of benzene rings is 1. The van der Waals surface area contributed by atoms with Crippen LogP contribution in [0.2, 0.25) is 0 Å². The molecule has 2 atom stereocenters. The predicted molar refractivity (Wildman–Crippen MR) is 71.7 cm³/mol. The van der Waals surface area contributed by atoms with E-state index in [0.29, 0.717) is 12.1 Å². The summed E-state index contributed by atoms with van der Waals surface area (Å²) in [6.07, 6.45) is 3.25. The number of carbonyl (C=O) groups is 1. The van der Waals surface area contributed by atoms with Crippen LogP contribution in [0.15, 0.2) is 18.2 Å². The molecule has 0 amide bonds. The summed E-state index contributed by atoms with van der Waals surface area (Å²) in [6.45, 7) is 5.72. The van der Waals surface area contributed by atoms with Gasteiger partial charge in [-0.15, -0.1) is 0 Å². The van der Waals surface area contributed by atoms with Crippen LogP contribution in [-0.4, -0.2) is 17.9 Å². The van der Waals surface area contributed by atoms with E-state index < -0.39 is 5.82 Å². The summed E-state index contributed by atoms with van der Waals surface area (Å²) in [5.74, 6) is -0.606. The Morgan fingerprint density at radius 2 is 2.17 bits per heavy atom. The van der Waals surface area contributed by atoms with Crippen LogP contribution >= 0.6 is 0 Å². The number of ketones is 1. The second-order valence-electron chi connectivity index (χ2n) is 5.09. The zero-order chi connectivity index (χ0) is 13.3. The van der Waals surface area contributed by atoms with Crippen molar-refractivity contribution in [3.05, 3.63) is 29.6 Å². The van der Waals surface area contributed by atoms with E-state index in [-0.39, 0.29) is 11.3 Å². The van der Waals surface area contributed by atoms with Gasteiger partial charge in [-0.25, -0.2) is 4.39 Å². The molecule has 1 saturated heterocycles. The standard InChI is InChI=1S/C15H20FNO/c1-4-12-9-8-10(2)17(12)14-7-5-6-13(16)15(14)11(3)18/h5-7,10,12H,4,8-9H2,1-3H3. The lowest BCUT2D eigenvalue weighted by Gasteiger charge is -2.31. The summed E-state index contributed by atoms with van der Waals surface area (Å²) >= 11 is 0. The van der Waals surface area contributed by atoms with Gasteiger partial charge in [0.15, 0.2) is 5.78 Å². The van der Waals surface area contributed by atoms with Gasteiger partial charge in [-0.1, -0.05) is 13.0 Å². The molecule has 0 radical (unpaired) electrons. The average Bonchev–Trinajstić information content (AvgIpc) is 2.69. The van der Waals surface area contributed by atoms with Crippen LogP contribution in [0, 0.1) is 5.82 Å². The van der Waals surface area contributed by atoms with E-state index in [0.717, 1.165) is 24.9 Å². The Balaban J connectivity index is 2.50. The third kappa shape index (κ3) is 2.14. The van der Waals surface area contributed by atoms with Crippen molar-refractivity contribution in [1.29, 1.82) is 0 Å². The molecular weight excluding hydrogens is 229 g/mol. The van der Waals surface area contributed by atoms with E-state index in [1.165, 1.54) is 13.0 Å². The maximum Gasteiger partial charge on any atom is 0.164 e. The van der Waals surface area contributed by atoms with E-state index in [2.05, 4.69) is 18.7 Å². The molecule has 0 saturated carbocycles. The Bertz CT molecular complexity index is 458. The summed E-state index contributed by atoms with van der Waals surface area (Å²) in [4.78, 5) is 13.9. The highest BCUT2D eigenvalue weighted by Gasteiger charge is 2.32. The lowest BCUT2D eigenvalue weighted by atomic mass is 10.1. The molecule has 3 heteroatoms. The average molecular weight is 249 g/mol. The van der Waals surface area contributed by atoms with Gasteiger partial charge in [0.05, 0.1) is 11.3 Å². The first kappa shape index (κ1) is 13.1. The van der Waals surface area contributed by atoms with Gasteiger partial charge in [0.2, 0.25) is 0 Å². The summed E-state index contributed by atoms with van der Waals surface area (Å²) in [5.41, 5.74) is 1.00. The highest BCUT2D eigenvalue weighted by molar-refractivity contribution is 6.00. The first-order chi connectivity index (χ1) is 8.56. The molecule has 18 heavy (non-hydrogen) atoms. The number of carbonyl (C=O) groups excluding carboxylic acids is 1. The normalized spacial score (nSPS) is 23.4. The van der Waals surface area contributed by atoms with Crippen LogP contribution in [-0.2, 0) is 0 Å². The quantitative estimate of drug-likeness (QED) is 0.759. The minimum atomic E-state index is -0.408. The number of hydrogen-bond acceptors (Lipinski definition) is 2. The van der Waals surface area contributed by atoms with Gasteiger partial charge in [0, 0.05) is 12.1 Å². The Labute approximate surface area is 108 Å². The number of Topliss-reactive ketones (excluding diaryl/α,β-unsaturated/α-hetero) is 1. The first-order valence-corrected chi connectivity index (χ1v) is 6.64. The first-order valence-electron chi connectivity index (χ1n) is 6.64. The third-order valence-corrected chi connectivity index (χ3v) is 3.88. The lowest BCUT2D eigenvalue weighted by Crippen LogP contribution is -2.35. The number of hydrogen-bond donors (Lipinski definition) is 0. The van der Waals surface area contributed by atoms with Crippen molar-refractivity contribution in [2.45, 2.75) is 52.1 Å². The van der Waals surface area contributed by atoms with Gasteiger partial charge in [0.25, 0.3) is 0 Å². The van der Waals surface area contributed by atoms with E-state index >= 15 is 0 Å². The SMILES string of the molecule is CCC1CCC(C)N1c1cccc(F)c1C(C)=O. The van der Waals surface area contributed by atoms with Gasteiger partial charge < -0.3 is 4.90 Å². The molecule has 0 spiro atoms. The molecule has 0 N–H and O–H groups in total. The van der Waals surface area contributed by atoms with Crippen molar-refractivity contribution in [2.24, 2.45) is 0 Å². The smallest absolute Gasteiger partial charge is 0.164 e. The fourth-order valence-electron chi connectivity index (χ4n) is 2.98. The number of anilines is 1. The molecule has 1 aromatic rings. The topological polar surface area (TPSA) is 20.3 Å². The van der Waals surface area contributed by atoms with Crippen LogP contribution < -0.4 is 4.90 Å². The molecule has 0 aromatic heterocycles. The van der Waals surface area contributed by atoms with Gasteiger partial charge in [0.1, 0.15) is 5.82 Å². The molecule has 1 fully saturated rings. The molecule has 1 aliphatic heterocycles. The molecule has 2 unspecified atom stereocenters. The van der Waals surface area contributed by atoms with Gasteiger partial charge in [-0.2, -0.15) is 0 Å². The van der Waals surface area contributed by atoms with Crippen molar-refractivity contribution in [2.75, 3.05) is 4.90 Å². The molecule has 0 bridgehead atoms. The van der Waals surface area contributed by atoms with E-state index in [4.69, 9.17) is 0 Å². The monoisotopic (exact) mass is 249 g/mol. The molecule has 98 valence electrons. The van der Waals surface area contributed by atoms with Crippen LogP contribution in [0.1, 0.15) is 50.4 Å². The van der Waals surface area contributed by atoms with Gasteiger partial charge >= 0.3 is 0 Å². The Morgan fingerprint density at radius 3 is 2.78 bits per heavy atom. The fourth-order valence-corrected chi connectivity index (χ4v) is 2.98. The van der Waals surface area contributed by atoms with Crippen LogP contribution in [0.5, 0.6) is 0 Å². The highest BCUT2D eigenvalue weighted by atomic mass is 19.1. The Hall–Kier alpha value is -1.38. The van der Waals surface area contributed by atoms with E-state index in [1.54, 1.807) is 6.07 Å². The number of nitrogens with zero attached hydrogens (tertiary/aromatic N) is 1. The summed E-state index contributed by atoms with van der Waals surface area (Å²) in [7, 11) is 0.